The first-order chi connectivity index (χ1) is 10.1. The molecule has 1 fully saturated rings. The summed E-state index contributed by atoms with van der Waals surface area (Å²) in [6, 6.07) is 5.71. The summed E-state index contributed by atoms with van der Waals surface area (Å²) < 4.78 is 14.2. The molecule has 1 aliphatic carbocycles. The third-order valence-electron chi connectivity index (χ3n) is 4.75. The molecule has 1 saturated carbocycles. The van der Waals surface area contributed by atoms with Gasteiger partial charge in [0.2, 0.25) is 0 Å². The summed E-state index contributed by atoms with van der Waals surface area (Å²) in [4.78, 5) is 0. The molecule has 3 heteroatoms. The molecule has 1 N–H and O–H groups in total. The molecule has 1 nitrogen and oxygen atoms in total. The van der Waals surface area contributed by atoms with Crippen molar-refractivity contribution in [3.05, 3.63) is 34.1 Å². The van der Waals surface area contributed by atoms with Crippen LogP contribution in [0.15, 0.2) is 22.7 Å². The fourth-order valence-corrected chi connectivity index (χ4v) is 4.27. The third kappa shape index (κ3) is 4.79. The van der Waals surface area contributed by atoms with Crippen LogP contribution >= 0.6 is 15.9 Å². The Morgan fingerprint density at radius 3 is 2.76 bits per heavy atom. The van der Waals surface area contributed by atoms with Crippen molar-refractivity contribution < 1.29 is 4.39 Å². The molecule has 118 valence electrons. The van der Waals surface area contributed by atoms with Gasteiger partial charge in [-0.3, -0.25) is 0 Å². The molecule has 1 aliphatic rings. The highest BCUT2D eigenvalue weighted by molar-refractivity contribution is 9.10. The van der Waals surface area contributed by atoms with E-state index in [4.69, 9.17) is 0 Å². The molecule has 0 bridgehead atoms. The Labute approximate surface area is 136 Å². The minimum Gasteiger partial charge on any atom is -0.314 e. The molecule has 0 aliphatic heterocycles. The molecule has 3 atom stereocenters. The Balaban J connectivity index is 2.07. The second-order valence-electron chi connectivity index (χ2n) is 6.33. The van der Waals surface area contributed by atoms with Crippen molar-refractivity contribution in [1.82, 2.24) is 5.32 Å². The monoisotopic (exact) mass is 355 g/mol. The quantitative estimate of drug-likeness (QED) is 0.727. The van der Waals surface area contributed by atoms with Crippen LogP contribution < -0.4 is 5.32 Å². The van der Waals surface area contributed by atoms with Gasteiger partial charge in [0.25, 0.3) is 0 Å². The van der Waals surface area contributed by atoms with Crippen LogP contribution in [0.25, 0.3) is 0 Å². The highest BCUT2D eigenvalue weighted by Crippen LogP contribution is 2.35. The first-order valence-electron chi connectivity index (χ1n) is 8.31. The van der Waals surface area contributed by atoms with E-state index >= 15 is 0 Å². The van der Waals surface area contributed by atoms with E-state index in [1.807, 2.05) is 6.07 Å². The van der Waals surface area contributed by atoms with E-state index in [0.717, 1.165) is 23.4 Å². The van der Waals surface area contributed by atoms with Gasteiger partial charge in [-0.1, -0.05) is 48.7 Å². The summed E-state index contributed by atoms with van der Waals surface area (Å²) in [7, 11) is 0. The molecule has 0 spiro atoms. The van der Waals surface area contributed by atoms with E-state index < -0.39 is 0 Å². The number of halogens is 2. The van der Waals surface area contributed by atoms with E-state index in [0.29, 0.717) is 12.0 Å². The van der Waals surface area contributed by atoms with E-state index in [-0.39, 0.29) is 5.82 Å². The molecule has 0 aromatic heterocycles. The fraction of sp³-hybridized carbons (Fsp3) is 0.667. The van der Waals surface area contributed by atoms with Gasteiger partial charge in [-0.15, -0.1) is 0 Å². The predicted octanol–water partition coefficient (Wildman–Crippen LogP) is 5.33. The van der Waals surface area contributed by atoms with Crippen LogP contribution in [0, 0.1) is 17.7 Å². The summed E-state index contributed by atoms with van der Waals surface area (Å²) in [5, 5.41) is 3.66. The topological polar surface area (TPSA) is 12.0 Å². The van der Waals surface area contributed by atoms with Crippen LogP contribution in [0.4, 0.5) is 4.39 Å². The van der Waals surface area contributed by atoms with E-state index in [9.17, 15) is 4.39 Å². The Bertz CT molecular complexity index is 449. The highest BCUT2D eigenvalue weighted by atomic mass is 79.9. The average molecular weight is 356 g/mol. The second kappa shape index (κ2) is 8.28. The third-order valence-corrected chi connectivity index (χ3v) is 5.49. The lowest BCUT2D eigenvalue weighted by molar-refractivity contribution is 0.195. The predicted molar refractivity (Wildman–Crippen MR) is 91.0 cm³/mol. The van der Waals surface area contributed by atoms with Gasteiger partial charge in [0.1, 0.15) is 5.82 Å². The Hall–Kier alpha value is -0.410. The van der Waals surface area contributed by atoms with E-state index in [1.165, 1.54) is 37.7 Å². The maximum atomic E-state index is 13.2. The largest absolute Gasteiger partial charge is 0.314 e. The van der Waals surface area contributed by atoms with Gasteiger partial charge in [0.15, 0.2) is 0 Å². The zero-order valence-corrected chi connectivity index (χ0v) is 14.8. The molecule has 21 heavy (non-hydrogen) atoms. The Kier molecular flexibility index (Phi) is 6.69. The lowest BCUT2D eigenvalue weighted by Gasteiger charge is -2.37. The average Bonchev–Trinajstić information content (AvgIpc) is 2.45. The molecule has 1 aromatic rings. The maximum absolute atomic E-state index is 13.2. The molecular weight excluding hydrogens is 329 g/mol. The summed E-state index contributed by atoms with van der Waals surface area (Å²) in [5.74, 6) is 1.37. The molecule has 0 radical (unpaired) electrons. The first-order valence-corrected chi connectivity index (χ1v) is 9.10. The van der Waals surface area contributed by atoms with E-state index in [1.54, 1.807) is 12.1 Å². The van der Waals surface area contributed by atoms with Gasteiger partial charge in [0, 0.05) is 10.5 Å². The van der Waals surface area contributed by atoms with Gasteiger partial charge < -0.3 is 5.32 Å². The van der Waals surface area contributed by atoms with Crippen LogP contribution in [-0.2, 0) is 6.42 Å². The number of hydrogen-bond acceptors (Lipinski definition) is 1. The smallest absolute Gasteiger partial charge is 0.124 e. The maximum Gasteiger partial charge on any atom is 0.124 e. The molecule has 3 unspecified atom stereocenters. The highest BCUT2D eigenvalue weighted by Gasteiger charge is 2.29. The summed E-state index contributed by atoms with van der Waals surface area (Å²) in [6.07, 6.45) is 7.60. The minimum absolute atomic E-state index is 0.165. The Morgan fingerprint density at radius 1 is 1.29 bits per heavy atom. The van der Waals surface area contributed by atoms with Crippen LogP contribution in [0.2, 0.25) is 0 Å². The SMILES string of the molecule is CCCC1CCC(NCC)C(Cc2ccc(F)cc2Br)C1. The number of hydrogen-bond donors (Lipinski definition) is 1. The van der Waals surface area contributed by atoms with Gasteiger partial charge in [0.05, 0.1) is 0 Å². The van der Waals surface area contributed by atoms with Crippen molar-refractivity contribution in [1.29, 1.82) is 0 Å². The van der Waals surface area contributed by atoms with Crippen molar-refractivity contribution in [2.75, 3.05) is 6.54 Å². The lowest BCUT2D eigenvalue weighted by atomic mass is 9.74. The van der Waals surface area contributed by atoms with Crippen LogP contribution in [0.3, 0.4) is 0 Å². The van der Waals surface area contributed by atoms with Crippen LogP contribution in [0.1, 0.15) is 51.5 Å². The number of rotatable bonds is 6. The molecule has 0 amide bonds. The van der Waals surface area contributed by atoms with Crippen molar-refractivity contribution in [2.45, 2.75) is 58.4 Å². The van der Waals surface area contributed by atoms with Gasteiger partial charge >= 0.3 is 0 Å². The molecule has 0 heterocycles. The standard InChI is InChI=1S/C18H27BrFN/c1-3-5-13-6-9-18(21-4-2)15(10-13)11-14-7-8-16(20)12-17(14)19/h7-8,12-13,15,18,21H,3-6,9-11H2,1-2H3. The van der Waals surface area contributed by atoms with E-state index in [2.05, 4.69) is 35.1 Å². The van der Waals surface area contributed by atoms with Crippen LogP contribution in [-0.4, -0.2) is 12.6 Å². The molecule has 0 saturated heterocycles. The molecular formula is C18H27BrFN. The van der Waals surface area contributed by atoms with Crippen molar-refractivity contribution in [3.63, 3.8) is 0 Å². The number of nitrogens with one attached hydrogen (secondary N) is 1. The van der Waals surface area contributed by atoms with Gasteiger partial charge in [-0.25, -0.2) is 4.39 Å². The summed E-state index contributed by atoms with van der Waals surface area (Å²) >= 11 is 3.52. The number of benzene rings is 1. The van der Waals surface area contributed by atoms with Gasteiger partial charge in [-0.2, -0.15) is 0 Å². The second-order valence-corrected chi connectivity index (χ2v) is 7.19. The molecule has 1 aromatic carbocycles. The zero-order valence-electron chi connectivity index (χ0n) is 13.2. The normalized spacial score (nSPS) is 26.0. The Morgan fingerprint density at radius 2 is 2.10 bits per heavy atom. The summed E-state index contributed by atoms with van der Waals surface area (Å²) in [5.41, 5.74) is 1.24. The fourth-order valence-electron chi connectivity index (χ4n) is 3.76. The summed E-state index contributed by atoms with van der Waals surface area (Å²) in [6.45, 7) is 5.50. The van der Waals surface area contributed by atoms with Crippen molar-refractivity contribution in [2.24, 2.45) is 11.8 Å². The van der Waals surface area contributed by atoms with Crippen molar-refractivity contribution >= 4 is 15.9 Å². The zero-order chi connectivity index (χ0) is 15.2. The molecule has 2 rings (SSSR count). The van der Waals surface area contributed by atoms with Crippen LogP contribution in [0.5, 0.6) is 0 Å². The van der Waals surface area contributed by atoms with Crippen molar-refractivity contribution in [3.8, 4) is 0 Å². The first kappa shape index (κ1) is 17.0. The van der Waals surface area contributed by atoms with Gasteiger partial charge in [-0.05, 0) is 61.8 Å². The lowest BCUT2D eigenvalue weighted by Crippen LogP contribution is -2.41. The minimum atomic E-state index is -0.165.